The molecule has 0 bridgehead atoms. The molecule has 1 atom stereocenters. The van der Waals surface area contributed by atoms with Crippen molar-refractivity contribution < 1.29 is 19.5 Å². The second kappa shape index (κ2) is 12.6. The highest BCUT2D eigenvalue weighted by atomic mass is 32.2. The number of amides is 2. The zero-order valence-electron chi connectivity index (χ0n) is 25.6. The van der Waals surface area contributed by atoms with E-state index in [-0.39, 0.29) is 27.8 Å². The largest absolute Gasteiger partial charge is 0.506 e. The molecule has 8 heteroatoms. The van der Waals surface area contributed by atoms with Crippen molar-refractivity contribution >= 4 is 45.9 Å². The number of carbonyl (C=O) groups is 3. The third-order valence-corrected chi connectivity index (χ3v) is 8.95. The van der Waals surface area contributed by atoms with Gasteiger partial charge in [-0.2, -0.15) is 0 Å². The van der Waals surface area contributed by atoms with E-state index in [1.807, 2.05) is 17.8 Å². The molecule has 3 heterocycles. The summed E-state index contributed by atoms with van der Waals surface area (Å²) in [4.78, 5) is 43.1. The maximum absolute atomic E-state index is 12.6. The van der Waals surface area contributed by atoms with Gasteiger partial charge in [0.25, 0.3) is 11.8 Å². The van der Waals surface area contributed by atoms with Gasteiger partial charge in [0.15, 0.2) is 0 Å². The van der Waals surface area contributed by atoms with Crippen molar-refractivity contribution in [1.29, 1.82) is 0 Å². The lowest BCUT2D eigenvalue weighted by molar-refractivity contribution is -0.136. The van der Waals surface area contributed by atoms with E-state index >= 15 is 0 Å². The summed E-state index contributed by atoms with van der Waals surface area (Å²) in [6.45, 7) is 15.6. The van der Waals surface area contributed by atoms with Gasteiger partial charge in [0, 0.05) is 54.8 Å². The standard InChI is InChI=1S/C33H47N3O4S/c1-32(2,3)20-25-24-13-14-26(38)30(29(24)34-31(25)41-33(4,5)6)35-19-17-22(21-35)11-12-23(37)10-8-7-9-18-36-27(39)15-16-28(36)40/h13-16,22,34,38H,7-12,17-21H2,1-6H3. The van der Waals surface area contributed by atoms with Crippen LogP contribution in [0, 0.1) is 11.3 Å². The average molecular weight is 582 g/mol. The van der Waals surface area contributed by atoms with Crippen LogP contribution in [-0.2, 0) is 20.8 Å². The van der Waals surface area contributed by atoms with Crippen LogP contribution in [0.25, 0.3) is 10.9 Å². The van der Waals surface area contributed by atoms with Crippen LogP contribution in [0.15, 0.2) is 29.3 Å². The number of phenols is 1. The van der Waals surface area contributed by atoms with Gasteiger partial charge in [0.1, 0.15) is 17.2 Å². The number of unbranched alkanes of at least 4 members (excludes halogenated alkanes) is 2. The highest BCUT2D eigenvalue weighted by Crippen LogP contribution is 2.45. The maximum Gasteiger partial charge on any atom is 0.253 e. The zero-order valence-corrected chi connectivity index (χ0v) is 26.5. The summed E-state index contributed by atoms with van der Waals surface area (Å²) in [5.41, 5.74) is 3.36. The molecule has 1 saturated heterocycles. The number of aromatic amines is 1. The first-order chi connectivity index (χ1) is 19.2. The Morgan fingerprint density at radius 3 is 2.39 bits per heavy atom. The minimum Gasteiger partial charge on any atom is -0.506 e. The molecule has 1 aromatic carbocycles. The number of anilines is 1. The molecule has 2 aliphatic heterocycles. The molecule has 2 aromatic rings. The number of H-pyrrole nitrogens is 1. The highest BCUT2D eigenvalue weighted by molar-refractivity contribution is 8.00. The second-order valence-electron chi connectivity index (χ2n) is 13.9. The SMILES string of the molecule is CC(C)(C)Cc1c(SC(C)(C)C)[nH]c2c(N3CCC(CCC(=O)CCCCCN4C(=O)C=CC4=O)C3)c(O)ccc12. The first-order valence-corrected chi connectivity index (χ1v) is 15.9. The monoisotopic (exact) mass is 581 g/mol. The van der Waals surface area contributed by atoms with Gasteiger partial charge in [0.2, 0.25) is 0 Å². The molecule has 1 unspecified atom stereocenters. The number of Topliss-reactive ketones (excluding diaryl/α,β-unsaturated/α-hetero) is 1. The lowest BCUT2D eigenvalue weighted by Gasteiger charge is -2.22. The summed E-state index contributed by atoms with van der Waals surface area (Å²) in [7, 11) is 0. The number of aromatic hydroxyl groups is 1. The van der Waals surface area contributed by atoms with Crippen molar-refractivity contribution in [2.24, 2.45) is 11.3 Å². The minimum atomic E-state index is -0.243. The maximum atomic E-state index is 12.6. The fraction of sp³-hybridized carbons (Fsp3) is 0.606. The number of fused-ring (bicyclic) bond motifs is 1. The Balaban J connectivity index is 1.33. The first kappa shape index (κ1) is 31.2. The Kier molecular flexibility index (Phi) is 9.62. The van der Waals surface area contributed by atoms with E-state index in [0.29, 0.717) is 31.1 Å². The zero-order chi connectivity index (χ0) is 29.9. The lowest BCUT2D eigenvalue weighted by Crippen LogP contribution is -2.30. The van der Waals surface area contributed by atoms with E-state index in [4.69, 9.17) is 0 Å². The van der Waals surface area contributed by atoms with Gasteiger partial charge in [-0.3, -0.25) is 19.3 Å². The van der Waals surface area contributed by atoms with E-state index in [0.717, 1.165) is 62.8 Å². The molecule has 4 rings (SSSR count). The number of aromatic nitrogens is 1. The van der Waals surface area contributed by atoms with Crippen molar-refractivity contribution in [1.82, 2.24) is 9.88 Å². The summed E-state index contributed by atoms with van der Waals surface area (Å²) in [5.74, 6) is 0.515. The average Bonchev–Trinajstić information content (AvgIpc) is 3.54. The number of benzene rings is 1. The normalized spacial score (nSPS) is 18.0. The van der Waals surface area contributed by atoms with E-state index in [1.54, 1.807) is 0 Å². The number of nitrogens with one attached hydrogen (secondary N) is 1. The number of phenolic OH excluding ortho intramolecular Hbond substituents is 1. The molecule has 0 radical (unpaired) electrons. The molecule has 224 valence electrons. The summed E-state index contributed by atoms with van der Waals surface area (Å²) in [5, 5.41) is 13.4. The first-order valence-electron chi connectivity index (χ1n) is 15.1. The van der Waals surface area contributed by atoms with Gasteiger partial charge in [-0.05, 0) is 61.1 Å². The highest BCUT2D eigenvalue weighted by Gasteiger charge is 2.30. The van der Waals surface area contributed by atoms with Crippen LogP contribution in [0.4, 0.5) is 5.69 Å². The lowest BCUT2D eigenvalue weighted by atomic mass is 9.88. The predicted octanol–water partition coefficient (Wildman–Crippen LogP) is 7.01. The molecule has 0 saturated carbocycles. The van der Waals surface area contributed by atoms with Crippen molar-refractivity contribution in [3.05, 3.63) is 29.8 Å². The van der Waals surface area contributed by atoms with Crippen LogP contribution in [0.2, 0.25) is 0 Å². The van der Waals surface area contributed by atoms with Crippen LogP contribution in [0.1, 0.15) is 92.1 Å². The number of ketones is 1. The molecule has 0 spiro atoms. The van der Waals surface area contributed by atoms with Gasteiger partial charge in [-0.1, -0.05) is 48.0 Å². The summed E-state index contributed by atoms with van der Waals surface area (Å²) in [6.07, 6.45) is 8.90. The van der Waals surface area contributed by atoms with Crippen LogP contribution in [0.3, 0.4) is 0 Å². The van der Waals surface area contributed by atoms with E-state index in [9.17, 15) is 19.5 Å². The van der Waals surface area contributed by atoms with Crippen LogP contribution >= 0.6 is 11.8 Å². The summed E-state index contributed by atoms with van der Waals surface area (Å²) in [6, 6.07) is 3.90. The molecule has 7 nitrogen and oxygen atoms in total. The number of imide groups is 1. The van der Waals surface area contributed by atoms with Gasteiger partial charge in [-0.25, -0.2) is 0 Å². The quantitative estimate of drug-likeness (QED) is 0.159. The number of thioether (sulfide) groups is 1. The smallest absolute Gasteiger partial charge is 0.253 e. The summed E-state index contributed by atoms with van der Waals surface area (Å²) < 4.78 is 0.0600. The van der Waals surface area contributed by atoms with Crippen molar-refractivity contribution in [2.75, 3.05) is 24.5 Å². The van der Waals surface area contributed by atoms with E-state index in [2.05, 4.69) is 57.5 Å². The van der Waals surface area contributed by atoms with Crippen LogP contribution in [0.5, 0.6) is 5.75 Å². The van der Waals surface area contributed by atoms with Gasteiger partial charge in [0.05, 0.1) is 10.5 Å². The van der Waals surface area contributed by atoms with E-state index < -0.39 is 0 Å². The minimum absolute atomic E-state index is 0.0600. The second-order valence-corrected chi connectivity index (χ2v) is 15.7. The van der Waals surface area contributed by atoms with Gasteiger partial charge < -0.3 is 15.0 Å². The number of rotatable bonds is 12. The number of hydrogen-bond donors (Lipinski definition) is 2. The molecular formula is C33H47N3O4S. The third kappa shape index (κ3) is 8.18. The Hall–Kier alpha value is -2.74. The Morgan fingerprint density at radius 2 is 1.73 bits per heavy atom. The fourth-order valence-electron chi connectivity index (χ4n) is 5.87. The van der Waals surface area contributed by atoms with Gasteiger partial charge in [-0.15, -0.1) is 11.8 Å². The van der Waals surface area contributed by atoms with Crippen molar-refractivity contribution in [3.63, 3.8) is 0 Å². The molecule has 1 fully saturated rings. The molecule has 2 aliphatic rings. The summed E-state index contributed by atoms with van der Waals surface area (Å²) >= 11 is 1.85. The molecule has 0 aliphatic carbocycles. The van der Waals surface area contributed by atoms with Crippen molar-refractivity contribution in [3.8, 4) is 5.75 Å². The van der Waals surface area contributed by atoms with Crippen LogP contribution < -0.4 is 4.90 Å². The Morgan fingerprint density at radius 1 is 1.02 bits per heavy atom. The predicted molar refractivity (Wildman–Crippen MR) is 168 cm³/mol. The van der Waals surface area contributed by atoms with Crippen molar-refractivity contribution in [2.45, 2.75) is 103 Å². The number of nitrogens with zero attached hydrogens (tertiary/aromatic N) is 2. The molecule has 2 amide bonds. The molecular weight excluding hydrogens is 534 g/mol. The Labute approximate surface area is 249 Å². The molecule has 41 heavy (non-hydrogen) atoms. The van der Waals surface area contributed by atoms with E-state index in [1.165, 1.54) is 33.0 Å². The Bertz CT molecular complexity index is 1300. The molecule has 1 aromatic heterocycles. The third-order valence-electron chi connectivity index (χ3n) is 7.78. The van der Waals surface area contributed by atoms with Gasteiger partial charge >= 0.3 is 0 Å². The number of hydrogen-bond acceptors (Lipinski definition) is 6. The van der Waals surface area contributed by atoms with Crippen LogP contribution in [-0.4, -0.2) is 57.0 Å². The topological polar surface area (TPSA) is 93.7 Å². The molecule has 2 N–H and O–H groups in total. The fourth-order valence-corrected chi connectivity index (χ4v) is 6.94. The number of carbonyl (C=O) groups excluding carboxylic acids is 3.